The second kappa shape index (κ2) is 8.14. The summed E-state index contributed by atoms with van der Waals surface area (Å²) in [6.45, 7) is 7.94. The number of piperidine rings is 1. The lowest BCUT2D eigenvalue weighted by atomic mass is 9.90. The summed E-state index contributed by atoms with van der Waals surface area (Å²) in [7, 11) is 0. The number of aryl methyl sites for hydroxylation is 2. The molecule has 0 bridgehead atoms. The van der Waals surface area contributed by atoms with Crippen molar-refractivity contribution >= 4 is 0 Å². The van der Waals surface area contributed by atoms with E-state index >= 15 is 0 Å². The van der Waals surface area contributed by atoms with Crippen molar-refractivity contribution in [2.24, 2.45) is 5.92 Å². The largest absolute Gasteiger partial charge is 0.324 e. The van der Waals surface area contributed by atoms with Gasteiger partial charge in [0.05, 0.1) is 0 Å². The first kappa shape index (κ1) is 18.1. The number of likely N-dealkylation sites (tertiary alicyclic amines) is 1. The van der Waals surface area contributed by atoms with Crippen LogP contribution in [0.2, 0.25) is 0 Å². The normalized spacial score (nSPS) is 15.9. The molecule has 0 aliphatic carbocycles. The number of aromatic nitrogens is 1. The van der Waals surface area contributed by atoms with Crippen LogP contribution in [0.25, 0.3) is 5.69 Å². The van der Waals surface area contributed by atoms with Gasteiger partial charge in [-0.1, -0.05) is 41.5 Å². The van der Waals surface area contributed by atoms with Gasteiger partial charge in [-0.25, -0.2) is 0 Å². The fraction of sp³-hybridized carbons (Fsp3) is 0.360. The van der Waals surface area contributed by atoms with Crippen molar-refractivity contribution in [3.8, 4) is 5.69 Å². The van der Waals surface area contributed by atoms with Gasteiger partial charge >= 0.3 is 0 Å². The van der Waals surface area contributed by atoms with Crippen molar-refractivity contribution in [3.05, 3.63) is 89.2 Å². The molecule has 1 aliphatic rings. The number of rotatable bonds is 5. The van der Waals surface area contributed by atoms with Crippen LogP contribution in [0.3, 0.4) is 0 Å². The van der Waals surface area contributed by atoms with Crippen LogP contribution in [0.1, 0.15) is 35.1 Å². The highest BCUT2D eigenvalue weighted by Gasteiger charge is 2.19. The van der Waals surface area contributed by atoms with Gasteiger partial charge in [0.25, 0.3) is 0 Å². The molecule has 0 radical (unpaired) electrons. The third-order valence-electron chi connectivity index (χ3n) is 5.76. The van der Waals surface area contributed by atoms with Crippen LogP contribution in [0.4, 0.5) is 0 Å². The molecule has 0 amide bonds. The predicted octanol–water partition coefficient (Wildman–Crippen LogP) is 5.55. The average Bonchev–Trinajstić information content (AvgIpc) is 3.18. The SMILES string of the molecule is Cc1cc(C)cc(CN2CCC(Cc3ccc(-n4cccc4)cc3)CC2)c1. The Morgan fingerprint density at radius 2 is 1.44 bits per heavy atom. The lowest BCUT2D eigenvalue weighted by molar-refractivity contribution is 0.177. The number of benzene rings is 2. The van der Waals surface area contributed by atoms with Crippen molar-refractivity contribution < 1.29 is 0 Å². The molecule has 3 aromatic rings. The highest BCUT2D eigenvalue weighted by molar-refractivity contribution is 5.35. The van der Waals surface area contributed by atoms with E-state index in [0.29, 0.717) is 0 Å². The molecule has 0 saturated carbocycles. The van der Waals surface area contributed by atoms with E-state index < -0.39 is 0 Å². The van der Waals surface area contributed by atoms with Crippen LogP contribution in [0.15, 0.2) is 67.0 Å². The molecule has 0 N–H and O–H groups in total. The van der Waals surface area contributed by atoms with Gasteiger partial charge in [-0.3, -0.25) is 4.90 Å². The summed E-state index contributed by atoms with van der Waals surface area (Å²) in [6, 6.07) is 20.2. The Kier molecular flexibility index (Phi) is 5.45. The minimum atomic E-state index is 0.818. The summed E-state index contributed by atoms with van der Waals surface area (Å²) in [4.78, 5) is 2.62. The van der Waals surface area contributed by atoms with E-state index in [1.807, 2.05) is 0 Å². The number of hydrogen-bond donors (Lipinski definition) is 0. The summed E-state index contributed by atoms with van der Waals surface area (Å²) >= 11 is 0. The second-order valence-corrected chi connectivity index (χ2v) is 8.18. The second-order valence-electron chi connectivity index (χ2n) is 8.18. The van der Waals surface area contributed by atoms with Gasteiger partial charge in [0.1, 0.15) is 0 Å². The first-order valence-electron chi connectivity index (χ1n) is 10.2. The molecule has 0 unspecified atom stereocenters. The molecule has 0 spiro atoms. The van der Waals surface area contributed by atoms with Gasteiger partial charge in [0, 0.05) is 24.6 Å². The van der Waals surface area contributed by atoms with Crippen LogP contribution in [-0.2, 0) is 13.0 Å². The van der Waals surface area contributed by atoms with Gasteiger partial charge < -0.3 is 4.57 Å². The maximum Gasteiger partial charge on any atom is 0.0449 e. The highest BCUT2D eigenvalue weighted by atomic mass is 15.1. The topological polar surface area (TPSA) is 8.17 Å². The predicted molar refractivity (Wildman–Crippen MR) is 113 cm³/mol. The third-order valence-corrected chi connectivity index (χ3v) is 5.76. The third kappa shape index (κ3) is 4.70. The van der Waals surface area contributed by atoms with Crippen LogP contribution < -0.4 is 0 Å². The fourth-order valence-electron chi connectivity index (χ4n) is 4.41. The molecule has 2 nitrogen and oxygen atoms in total. The zero-order chi connectivity index (χ0) is 18.6. The molecular formula is C25H30N2. The minimum absolute atomic E-state index is 0.818. The molecule has 4 rings (SSSR count). The average molecular weight is 359 g/mol. The minimum Gasteiger partial charge on any atom is -0.324 e. The molecular weight excluding hydrogens is 328 g/mol. The quantitative estimate of drug-likeness (QED) is 0.580. The smallest absolute Gasteiger partial charge is 0.0449 e. The first-order valence-corrected chi connectivity index (χ1v) is 10.2. The molecule has 0 atom stereocenters. The van der Waals surface area contributed by atoms with Crippen molar-refractivity contribution in [1.82, 2.24) is 9.47 Å². The van der Waals surface area contributed by atoms with Crippen LogP contribution in [0, 0.1) is 19.8 Å². The van der Waals surface area contributed by atoms with Crippen molar-refractivity contribution in [1.29, 1.82) is 0 Å². The Hall–Kier alpha value is -2.32. The monoisotopic (exact) mass is 358 g/mol. The van der Waals surface area contributed by atoms with E-state index in [9.17, 15) is 0 Å². The van der Waals surface area contributed by atoms with E-state index in [-0.39, 0.29) is 0 Å². The zero-order valence-corrected chi connectivity index (χ0v) is 16.6. The van der Waals surface area contributed by atoms with Crippen molar-refractivity contribution in [2.45, 2.75) is 39.7 Å². The molecule has 1 fully saturated rings. The van der Waals surface area contributed by atoms with E-state index in [1.54, 1.807) is 0 Å². The maximum atomic E-state index is 2.62. The summed E-state index contributed by atoms with van der Waals surface area (Å²) in [5, 5.41) is 0. The molecule has 2 aromatic carbocycles. The van der Waals surface area contributed by atoms with E-state index in [4.69, 9.17) is 0 Å². The molecule has 27 heavy (non-hydrogen) atoms. The van der Waals surface area contributed by atoms with Gasteiger partial charge in [-0.05, 0) is 87.5 Å². The van der Waals surface area contributed by atoms with Crippen molar-refractivity contribution in [2.75, 3.05) is 13.1 Å². The lowest BCUT2D eigenvalue weighted by Crippen LogP contribution is -2.33. The Morgan fingerprint density at radius 3 is 2.07 bits per heavy atom. The Labute approximate surface area is 163 Å². The summed E-state index contributed by atoms with van der Waals surface area (Å²) in [5.41, 5.74) is 6.93. The van der Waals surface area contributed by atoms with Crippen LogP contribution in [-0.4, -0.2) is 22.6 Å². The van der Waals surface area contributed by atoms with Gasteiger partial charge in [-0.15, -0.1) is 0 Å². The highest BCUT2D eigenvalue weighted by Crippen LogP contribution is 2.24. The van der Waals surface area contributed by atoms with Crippen molar-refractivity contribution in [3.63, 3.8) is 0 Å². The Morgan fingerprint density at radius 1 is 0.815 bits per heavy atom. The van der Waals surface area contributed by atoms with Crippen LogP contribution >= 0.6 is 0 Å². The summed E-state index contributed by atoms with van der Waals surface area (Å²) in [6.07, 6.45) is 8.03. The standard InChI is InChI=1S/C25H30N2/c1-20-15-21(2)17-24(16-20)19-26-13-9-23(10-14-26)18-22-5-7-25(8-6-22)27-11-3-4-12-27/h3-8,11-12,15-17,23H,9-10,13-14,18-19H2,1-2H3. The summed E-state index contributed by atoms with van der Waals surface area (Å²) < 4.78 is 2.16. The molecule has 1 aromatic heterocycles. The number of nitrogens with zero attached hydrogens (tertiary/aromatic N) is 2. The lowest BCUT2D eigenvalue weighted by Gasteiger charge is -2.32. The van der Waals surface area contributed by atoms with Gasteiger partial charge in [0.15, 0.2) is 0 Å². The molecule has 1 aliphatic heterocycles. The molecule has 2 heteroatoms. The summed E-state index contributed by atoms with van der Waals surface area (Å²) in [5.74, 6) is 0.818. The molecule has 1 saturated heterocycles. The van der Waals surface area contributed by atoms with E-state index in [0.717, 1.165) is 12.5 Å². The number of hydrogen-bond acceptors (Lipinski definition) is 1. The molecule has 140 valence electrons. The Balaban J connectivity index is 1.29. The maximum absolute atomic E-state index is 2.62. The fourth-order valence-corrected chi connectivity index (χ4v) is 4.41. The van der Waals surface area contributed by atoms with E-state index in [2.05, 4.69) is 90.3 Å². The first-order chi connectivity index (χ1) is 13.2. The van der Waals surface area contributed by atoms with Gasteiger partial charge in [0.2, 0.25) is 0 Å². The van der Waals surface area contributed by atoms with E-state index in [1.165, 1.54) is 60.3 Å². The zero-order valence-electron chi connectivity index (χ0n) is 16.6. The molecule has 2 heterocycles. The Bertz CT molecular complexity index is 834. The van der Waals surface area contributed by atoms with Crippen LogP contribution in [0.5, 0.6) is 0 Å². The van der Waals surface area contributed by atoms with Gasteiger partial charge in [-0.2, -0.15) is 0 Å².